The van der Waals surface area contributed by atoms with Gasteiger partial charge in [-0.3, -0.25) is 4.79 Å². The molecule has 0 atom stereocenters. The number of carbonyl (C=O) groups is 2. The lowest BCUT2D eigenvalue weighted by atomic mass is 10.1. The number of ether oxygens (including phenoxy) is 1. The molecule has 0 aliphatic carbocycles. The molecular weight excluding hydrogens is 292 g/mol. The van der Waals surface area contributed by atoms with Crippen molar-refractivity contribution < 1.29 is 14.3 Å². The van der Waals surface area contributed by atoms with Crippen molar-refractivity contribution >= 4 is 34.9 Å². The number of carbonyl (C=O) groups excluding carboxylic acids is 2. The van der Waals surface area contributed by atoms with Crippen molar-refractivity contribution in [1.82, 2.24) is 0 Å². The van der Waals surface area contributed by atoms with E-state index in [-0.39, 0.29) is 10.6 Å². The van der Waals surface area contributed by atoms with Crippen LogP contribution < -0.4 is 11.1 Å². The van der Waals surface area contributed by atoms with E-state index >= 15 is 0 Å². The van der Waals surface area contributed by atoms with Gasteiger partial charge in [0.1, 0.15) is 0 Å². The van der Waals surface area contributed by atoms with Crippen LogP contribution in [0.2, 0.25) is 5.02 Å². The molecule has 2 rings (SSSR count). The third-order valence-corrected chi connectivity index (χ3v) is 3.24. The predicted molar refractivity (Wildman–Crippen MR) is 81.6 cm³/mol. The Morgan fingerprint density at radius 1 is 1.19 bits per heavy atom. The van der Waals surface area contributed by atoms with Gasteiger partial charge in [-0.25, -0.2) is 4.79 Å². The molecule has 0 saturated carbocycles. The highest BCUT2D eigenvalue weighted by atomic mass is 35.5. The third-order valence-electron chi connectivity index (χ3n) is 2.81. The second-order valence-corrected chi connectivity index (χ2v) is 4.61. The van der Waals surface area contributed by atoms with Crippen LogP contribution in [0, 0.1) is 0 Å². The van der Waals surface area contributed by atoms with E-state index in [4.69, 9.17) is 17.3 Å². The van der Waals surface area contributed by atoms with Gasteiger partial charge in [-0.05, 0) is 30.3 Å². The van der Waals surface area contributed by atoms with Crippen LogP contribution in [-0.2, 0) is 4.74 Å². The van der Waals surface area contributed by atoms with Crippen molar-refractivity contribution in [3.63, 3.8) is 0 Å². The van der Waals surface area contributed by atoms with Gasteiger partial charge in [0, 0.05) is 5.69 Å². The summed E-state index contributed by atoms with van der Waals surface area (Å²) in [5.74, 6) is -0.887. The maximum atomic E-state index is 12.2. The Bertz CT molecular complexity index is 701. The van der Waals surface area contributed by atoms with E-state index < -0.39 is 11.9 Å². The second-order valence-electron chi connectivity index (χ2n) is 4.24. The summed E-state index contributed by atoms with van der Waals surface area (Å²) in [6, 6.07) is 11.2. The summed E-state index contributed by atoms with van der Waals surface area (Å²) in [7, 11) is 1.29. The summed E-state index contributed by atoms with van der Waals surface area (Å²) in [5, 5.41) is 2.85. The largest absolute Gasteiger partial charge is 0.465 e. The molecule has 108 valence electrons. The van der Waals surface area contributed by atoms with Crippen LogP contribution in [0.4, 0.5) is 11.4 Å². The quantitative estimate of drug-likeness (QED) is 0.674. The molecule has 0 unspecified atom stereocenters. The van der Waals surface area contributed by atoms with Crippen LogP contribution in [0.5, 0.6) is 0 Å². The zero-order valence-electron chi connectivity index (χ0n) is 11.2. The first-order valence-corrected chi connectivity index (χ1v) is 6.44. The number of nitrogens with two attached hydrogens (primary N) is 1. The number of rotatable bonds is 3. The van der Waals surface area contributed by atoms with Gasteiger partial charge < -0.3 is 15.8 Å². The smallest absolute Gasteiger partial charge is 0.337 e. The van der Waals surface area contributed by atoms with Gasteiger partial charge in [0.25, 0.3) is 5.91 Å². The fraction of sp³-hybridized carbons (Fsp3) is 0.0667. The zero-order valence-corrected chi connectivity index (χ0v) is 12.0. The average Bonchev–Trinajstić information content (AvgIpc) is 2.49. The van der Waals surface area contributed by atoms with Crippen LogP contribution in [0.15, 0.2) is 42.5 Å². The maximum Gasteiger partial charge on any atom is 0.337 e. The molecule has 0 fully saturated rings. The van der Waals surface area contributed by atoms with Gasteiger partial charge in [0.15, 0.2) is 0 Å². The molecule has 0 bridgehead atoms. The maximum absolute atomic E-state index is 12.2. The number of methoxy groups -OCH3 is 1. The van der Waals surface area contributed by atoms with Crippen LogP contribution in [0.3, 0.4) is 0 Å². The summed E-state index contributed by atoms with van der Waals surface area (Å²) >= 11 is 6.00. The summed E-state index contributed by atoms with van der Waals surface area (Å²) in [4.78, 5) is 23.6. The van der Waals surface area contributed by atoms with Gasteiger partial charge in [-0.1, -0.05) is 23.7 Å². The van der Waals surface area contributed by atoms with E-state index in [1.807, 2.05) is 0 Å². The molecule has 1 amide bonds. The number of nitrogen functional groups attached to an aromatic ring is 1. The Kier molecular flexibility index (Phi) is 4.45. The minimum atomic E-state index is -0.479. The van der Waals surface area contributed by atoms with Crippen molar-refractivity contribution in [1.29, 1.82) is 0 Å². The van der Waals surface area contributed by atoms with Crippen LogP contribution >= 0.6 is 11.6 Å². The first-order chi connectivity index (χ1) is 10.0. The number of nitrogens with one attached hydrogen (secondary N) is 1. The Balaban J connectivity index is 2.24. The number of halogens is 1. The summed E-state index contributed by atoms with van der Waals surface area (Å²) in [5.41, 5.74) is 7.05. The molecule has 0 heterocycles. The first-order valence-electron chi connectivity index (χ1n) is 6.06. The Hall–Kier alpha value is -2.53. The van der Waals surface area contributed by atoms with E-state index in [2.05, 4.69) is 10.1 Å². The molecule has 0 aliphatic heterocycles. The third kappa shape index (κ3) is 3.32. The lowest BCUT2D eigenvalue weighted by molar-refractivity contribution is 0.0600. The average molecular weight is 305 g/mol. The molecule has 6 heteroatoms. The fourth-order valence-corrected chi connectivity index (χ4v) is 1.98. The monoisotopic (exact) mass is 304 g/mol. The second kappa shape index (κ2) is 6.28. The van der Waals surface area contributed by atoms with Gasteiger partial charge in [-0.2, -0.15) is 0 Å². The molecule has 2 aromatic rings. The highest BCUT2D eigenvalue weighted by Gasteiger charge is 2.13. The Morgan fingerprint density at radius 3 is 2.62 bits per heavy atom. The van der Waals surface area contributed by atoms with Crippen molar-refractivity contribution in [3.05, 3.63) is 58.6 Å². The highest BCUT2D eigenvalue weighted by molar-refractivity contribution is 6.36. The standard InChI is InChI=1S/C15H13ClN2O3/c1-21-15(20)9-4-2-5-10(8-9)18-14(19)11-6-3-7-12(17)13(11)16/h2-8H,17H2,1H3,(H,18,19). The van der Waals surface area contributed by atoms with E-state index in [9.17, 15) is 9.59 Å². The number of amides is 1. The number of anilines is 2. The van der Waals surface area contributed by atoms with E-state index in [0.717, 1.165) is 0 Å². The van der Waals surface area contributed by atoms with Crippen LogP contribution in [0.1, 0.15) is 20.7 Å². The minimum Gasteiger partial charge on any atom is -0.465 e. The van der Waals surface area contributed by atoms with Gasteiger partial charge in [-0.15, -0.1) is 0 Å². The summed E-state index contributed by atoms with van der Waals surface area (Å²) in [6.45, 7) is 0. The van der Waals surface area contributed by atoms with Gasteiger partial charge in [0.05, 0.1) is 28.9 Å². The van der Waals surface area contributed by atoms with E-state index in [0.29, 0.717) is 16.9 Å². The van der Waals surface area contributed by atoms with Crippen molar-refractivity contribution in [2.45, 2.75) is 0 Å². The molecule has 5 nitrogen and oxygen atoms in total. The first kappa shape index (κ1) is 14.9. The molecular formula is C15H13ClN2O3. The lowest BCUT2D eigenvalue weighted by Crippen LogP contribution is -2.13. The van der Waals surface area contributed by atoms with Crippen molar-refractivity contribution in [3.8, 4) is 0 Å². The Morgan fingerprint density at radius 2 is 1.90 bits per heavy atom. The fourth-order valence-electron chi connectivity index (χ4n) is 1.77. The molecule has 2 aromatic carbocycles. The van der Waals surface area contributed by atoms with E-state index in [1.165, 1.54) is 13.2 Å². The van der Waals surface area contributed by atoms with Crippen molar-refractivity contribution in [2.24, 2.45) is 0 Å². The van der Waals surface area contributed by atoms with Gasteiger partial charge >= 0.3 is 5.97 Å². The molecule has 21 heavy (non-hydrogen) atoms. The van der Waals surface area contributed by atoms with Crippen LogP contribution in [0.25, 0.3) is 0 Å². The van der Waals surface area contributed by atoms with E-state index in [1.54, 1.807) is 36.4 Å². The van der Waals surface area contributed by atoms with Crippen molar-refractivity contribution in [2.75, 3.05) is 18.2 Å². The number of hydrogen-bond donors (Lipinski definition) is 2. The normalized spacial score (nSPS) is 10.0. The topological polar surface area (TPSA) is 81.4 Å². The number of esters is 1. The highest BCUT2D eigenvalue weighted by Crippen LogP contribution is 2.24. The molecule has 0 aliphatic rings. The SMILES string of the molecule is COC(=O)c1cccc(NC(=O)c2cccc(N)c2Cl)c1. The number of benzene rings is 2. The minimum absolute atomic E-state index is 0.194. The molecule has 3 N–H and O–H groups in total. The molecule has 0 spiro atoms. The molecule has 0 aromatic heterocycles. The van der Waals surface area contributed by atoms with Crippen LogP contribution in [-0.4, -0.2) is 19.0 Å². The lowest BCUT2D eigenvalue weighted by Gasteiger charge is -2.09. The Labute approximate surface area is 126 Å². The van der Waals surface area contributed by atoms with Gasteiger partial charge in [0.2, 0.25) is 0 Å². The predicted octanol–water partition coefficient (Wildman–Crippen LogP) is 2.96. The zero-order chi connectivity index (χ0) is 15.4. The summed E-state index contributed by atoms with van der Waals surface area (Å²) < 4.78 is 4.63. The number of hydrogen-bond acceptors (Lipinski definition) is 4. The summed E-state index contributed by atoms with van der Waals surface area (Å²) in [6.07, 6.45) is 0. The molecule has 0 saturated heterocycles. The molecule has 0 radical (unpaired) electrons.